The van der Waals surface area contributed by atoms with Crippen LogP contribution in [0.25, 0.3) is 0 Å². The first-order chi connectivity index (χ1) is 10.3. The van der Waals surface area contributed by atoms with Gasteiger partial charge in [-0.25, -0.2) is 0 Å². The highest BCUT2D eigenvalue weighted by molar-refractivity contribution is 5.85. The van der Waals surface area contributed by atoms with Gasteiger partial charge in [-0.15, -0.1) is 12.4 Å². The minimum absolute atomic E-state index is 0. The van der Waals surface area contributed by atoms with Gasteiger partial charge < -0.3 is 10.6 Å². The summed E-state index contributed by atoms with van der Waals surface area (Å²) in [6.45, 7) is 4.41. The van der Waals surface area contributed by atoms with Crippen molar-refractivity contribution in [1.82, 2.24) is 10.6 Å². The zero-order valence-electron chi connectivity index (χ0n) is 13.0. The van der Waals surface area contributed by atoms with Crippen molar-refractivity contribution in [1.29, 1.82) is 0 Å². The molecule has 1 aromatic rings. The normalized spacial score (nSPS) is 17.2. The molecule has 1 fully saturated rings. The highest BCUT2D eigenvalue weighted by atomic mass is 35.5. The molecule has 0 unspecified atom stereocenters. The van der Waals surface area contributed by atoms with Crippen LogP contribution in [0.4, 0.5) is 13.2 Å². The van der Waals surface area contributed by atoms with Crippen LogP contribution in [0.3, 0.4) is 0 Å². The molecular weight excluding hydrogens is 329 g/mol. The van der Waals surface area contributed by atoms with E-state index in [0.29, 0.717) is 6.54 Å². The van der Waals surface area contributed by atoms with Crippen LogP contribution in [-0.2, 0) is 17.4 Å². The Labute approximate surface area is 140 Å². The lowest BCUT2D eigenvalue weighted by molar-refractivity contribution is -0.138. The Morgan fingerprint density at radius 2 is 1.87 bits per heavy atom. The number of carbonyl (C=O) groups excluding carboxylic acids is 1. The summed E-state index contributed by atoms with van der Waals surface area (Å²) in [5, 5.41) is 6.04. The van der Waals surface area contributed by atoms with Gasteiger partial charge in [0.1, 0.15) is 0 Å². The molecule has 0 spiro atoms. The summed E-state index contributed by atoms with van der Waals surface area (Å²) >= 11 is 0. The molecule has 1 heterocycles. The summed E-state index contributed by atoms with van der Waals surface area (Å²) in [6, 6.07) is 5.22. The fraction of sp³-hybridized carbons (Fsp3) is 0.562. The molecule has 1 aliphatic heterocycles. The zero-order chi connectivity index (χ0) is 16.2. The fourth-order valence-electron chi connectivity index (χ4n) is 2.71. The van der Waals surface area contributed by atoms with Crippen molar-refractivity contribution < 1.29 is 18.0 Å². The molecule has 2 rings (SSSR count). The molecule has 0 atom stereocenters. The maximum Gasteiger partial charge on any atom is 0.416 e. The van der Waals surface area contributed by atoms with Crippen LogP contribution in [0.15, 0.2) is 24.3 Å². The molecule has 130 valence electrons. The van der Waals surface area contributed by atoms with Crippen LogP contribution >= 0.6 is 12.4 Å². The number of carbonyl (C=O) groups is 1. The summed E-state index contributed by atoms with van der Waals surface area (Å²) in [5.74, 6) is -0.364. The van der Waals surface area contributed by atoms with E-state index in [1.54, 1.807) is 0 Å². The van der Waals surface area contributed by atoms with Crippen LogP contribution < -0.4 is 10.6 Å². The van der Waals surface area contributed by atoms with E-state index in [1.165, 1.54) is 18.2 Å². The third-order valence-corrected chi connectivity index (χ3v) is 4.20. The van der Waals surface area contributed by atoms with Gasteiger partial charge in [0.15, 0.2) is 0 Å². The SMILES string of the molecule is CC1(CNC(=O)Cc2ccccc2C(F)(F)F)CCNCC1.Cl. The third-order valence-electron chi connectivity index (χ3n) is 4.20. The first kappa shape index (κ1) is 19.8. The maximum atomic E-state index is 12.9. The second kappa shape index (κ2) is 8.02. The first-order valence-electron chi connectivity index (χ1n) is 7.43. The molecule has 7 heteroatoms. The minimum Gasteiger partial charge on any atom is -0.355 e. The Morgan fingerprint density at radius 1 is 1.26 bits per heavy atom. The van der Waals surface area contributed by atoms with Gasteiger partial charge >= 0.3 is 6.18 Å². The molecule has 1 saturated heterocycles. The summed E-state index contributed by atoms with van der Waals surface area (Å²) in [6.07, 6.45) is -2.78. The van der Waals surface area contributed by atoms with E-state index >= 15 is 0 Å². The predicted octanol–water partition coefficient (Wildman–Crippen LogP) is 3.18. The van der Waals surface area contributed by atoms with E-state index in [0.717, 1.165) is 32.0 Å². The molecule has 1 amide bonds. The number of hydrogen-bond donors (Lipinski definition) is 2. The molecule has 0 aromatic heterocycles. The van der Waals surface area contributed by atoms with Crippen molar-refractivity contribution in [3.05, 3.63) is 35.4 Å². The number of alkyl halides is 3. The van der Waals surface area contributed by atoms with Crippen molar-refractivity contribution in [3.8, 4) is 0 Å². The number of rotatable bonds is 4. The number of hydrogen-bond acceptors (Lipinski definition) is 2. The van der Waals surface area contributed by atoms with Crippen LogP contribution in [0.2, 0.25) is 0 Å². The number of nitrogens with one attached hydrogen (secondary N) is 2. The van der Waals surface area contributed by atoms with E-state index in [-0.39, 0.29) is 35.7 Å². The van der Waals surface area contributed by atoms with Gasteiger partial charge in [-0.1, -0.05) is 25.1 Å². The average Bonchev–Trinajstić information content (AvgIpc) is 2.46. The molecule has 0 saturated carbocycles. The quantitative estimate of drug-likeness (QED) is 0.875. The molecular formula is C16H22ClF3N2O. The summed E-state index contributed by atoms with van der Waals surface area (Å²) in [4.78, 5) is 12.0. The summed E-state index contributed by atoms with van der Waals surface area (Å²) in [7, 11) is 0. The van der Waals surface area contributed by atoms with Crippen molar-refractivity contribution in [2.45, 2.75) is 32.4 Å². The molecule has 0 radical (unpaired) electrons. The minimum atomic E-state index is -4.43. The van der Waals surface area contributed by atoms with Crippen molar-refractivity contribution in [2.24, 2.45) is 5.41 Å². The number of halogens is 4. The molecule has 3 nitrogen and oxygen atoms in total. The molecule has 0 bridgehead atoms. The molecule has 1 aliphatic rings. The standard InChI is InChI=1S/C16H21F3N2O.ClH/c1-15(6-8-20-9-7-15)11-21-14(22)10-12-4-2-3-5-13(12)16(17,18)19;/h2-5,20H,6-11H2,1H3,(H,21,22);1H. The van der Waals surface area contributed by atoms with Gasteiger partial charge in [-0.3, -0.25) is 4.79 Å². The molecule has 1 aromatic carbocycles. The van der Waals surface area contributed by atoms with Gasteiger partial charge in [-0.2, -0.15) is 13.2 Å². The number of benzene rings is 1. The van der Waals surface area contributed by atoms with Gasteiger partial charge in [0.25, 0.3) is 0 Å². The monoisotopic (exact) mass is 350 g/mol. The van der Waals surface area contributed by atoms with Gasteiger partial charge in [0.05, 0.1) is 12.0 Å². The Bertz CT molecular complexity index is 528. The summed E-state index contributed by atoms with van der Waals surface area (Å²) < 4.78 is 38.7. The Morgan fingerprint density at radius 3 is 2.48 bits per heavy atom. The van der Waals surface area contributed by atoms with Gasteiger partial charge in [-0.05, 0) is 43.0 Å². The lowest BCUT2D eigenvalue weighted by Crippen LogP contribution is -2.43. The van der Waals surface area contributed by atoms with Crippen LogP contribution in [0.1, 0.15) is 30.9 Å². The number of piperidine rings is 1. The highest BCUT2D eigenvalue weighted by Gasteiger charge is 2.33. The zero-order valence-corrected chi connectivity index (χ0v) is 13.8. The van der Waals surface area contributed by atoms with Crippen molar-refractivity contribution in [3.63, 3.8) is 0 Å². The Hall–Kier alpha value is -1.27. The second-order valence-corrected chi connectivity index (χ2v) is 6.17. The molecule has 2 N–H and O–H groups in total. The van der Waals surface area contributed by atoms with E-state index in [2.05, 4.69) is 17.6 Å². The maximum absolute atomic E-state index is 12.9. The van der Waals surface area contributed by atoms with E-state index in [1.807, 2.05) is 0 Å². The van der Waals surface area contributed by atoms with E-state index < -0.39 is 11.7 Å². The average molecular weight is 351 g/mol. The topological polar surface area (TPSA) is 41.1 Å². The van der Waals surface area contributed by atoms with Gasteiger partial charge in [0, 0.05) is 6.54 Å². The van der Waals surface area contributed by atoms with Crippen molar-refractivity contribution >= 4 is 18.3 Å². The Kier molecular flexibility index (Phi) is 6.89. The van der Waals surface area contributed by atoms with E-state index in [4.69, 9.17) is 0 Å². The molecule has 23 heavy (non-hydrogen) atoms. The first-order valence-corrected chi connectivity index (χ1v) is 7.43. The number of amides is 1. The largest absolute Gasteiger partial charge is 0.416 e. The lowest BCUT2D eigenvalue weighted by atomic mass is 9.81. The van der Waals surface area contributed by atoms with E-state index in [9.17, 15) is 18.0 Å². The smallest absolute Gasteiger partial charge is 0.355 e. The van der Waals surface area contributed by atoms with Crippen LogP contribution in [-0.4, -0.2) is 25.5 Å². The third kappa shape index (κ3) is 5.70. The Balaban J connectivity index is 0.00000264. The van der Waals surface area contributed by atoms with Crippen LogP contribution in [0.5, 0.6) is 0 Å². The predicted molar refractivity (Wildman–Crippen MR) is 85.6 cm³/mol. The second-order valence-electron chi connectivity index (χ2n) is 6.17. The van der Waals surface area contributed by atoms with Crippen LogP contribution in [0, 0.1) is 5.41 Å². The fourth-order valence-corrected chi connectivity index (χ4v) is 2.71. The summed E-state index contributed by atoms with van der Waals surface area (Å²) in [5.41, 5.74) is -0.703. The molecule has 0 aliphatic carbocycles. The highest BCUT2D eigenvalue weighted by Crippen LogP contribution is 2.32. The lowest BCUT2D eigenvalue weighted by Gasteiger charge is -2.34. The van der Waals surface area contributed by atoms with Crippen molar-refractivity contribution in [2.75, 3.05) is 19.6 Å². The van der Waals surface area contributed by atoms with Gasteiger partial charge in [0.2, 0.25) is 5.91 Å².